The van der Waals surface area contributed by atoms with Crippen molar-refractivity contribution >= 4 is 29.9 Å². The van der Waals surface area contributed by atoms with Gasteiger partial charge in [0, 0.05) is 12.6 Å². The molecular weight excluding hydrogens is 307 g/mol. The van der Waals surface area contributed by atoms with Gasteiger partial charge in [-0.2, -0.15) is 0 Å². The number of hydrogen-bond acceptors (Lipinski definition) is 5. The Morgan fingerprint density at radius 1 is 1.25 bits per heavy atom. The van der Waals surface area contributed by atoms with E-state index in [1.807, 2.05) is 28.8 Å². The molecule has 0 aliphatic carbocycles. The Hall–Kier alpha value is -2.80. The molecule has 0 saturated heterocycles. The normalized spacial score (nSPS) is 10.6. The third kappa shape index (κ3) is 2.98. The van der Waals surface area contributed by atoms with E-state index in [0.717, 1.165) is 29.5 Å². The van der Waals surface area contributed by atoms with Gasteiger partial charge in [-0.15, -0.1) is 0 Å². The predicted molar refractivity (Wildman–Crippen MR) is 90.8 cm³/mol. The van der Waals surface area contributed by atoms with Crippen molar-refractivity contribution in [3.63, 3.8) is 0 Å². The second kappa shape index (κ2) is 6.76. The van der Waals surface area contributed by atoms with E-state index in [4.69, 9.17) is 14.5 Å². The predicted octanol–water partition coefficient (Wildman–Crippen LogP) is 1.12. The van der Waals surface area contributed by atoms with Crippen LogP contribution in [0.25, 0.3) is 11.0 Å². The van der Waals surface area contributed by atoms with Crippen LogP contribution in [0, 0.1) is 0 Å². The molecule has 0 saturated carbocycles. The van der Waals surface area contributed by atoms with Crippen LogP contribution in [-0.4, -0.2) is 42.2 Å². The highest BCUT2D eigenvalue weighted by Gasteiger charge is 2.16. The average Bonchev–Trinajstić information content (AvgIpc) is 3.02. The maximum atomic E-state index is 11.9. The fourth-order valence-electron chi connectivity index (χ4n) is 2.56. The summed E-state index contributed by atoms with van der Waals surface area (Å²) in [6.45, 7) is 0.592. The van der Waals surface area contributed by atoms with Crippen molar-refractivity contribution in [2.24, 2.45) is 0 Å². The van der Waals surface area contributed by atoms with Gasteiger partial charge in [0.2, 0.25) is 0 Å². The lowest BCUT2D eigenvalue weighted by Gasteiger charge is -2.09. The highest BCUT2D eigenvalue weighted by Crippen LogP contribution is 2.26. The molecule has 1 aromatic heterocycles. The maximum Gasteiger partial charge on any atom is 0.341 e. The van der Waals surface area contributed by atoms with Crippen molar-refractivity contribution in [3.8, 4) is 5.75 Å². The zero-order chi connectivity index (χ0) is 17.1. The molecule has 0 aliphatic heterocycles. The number of esters is 1. The first-order valence-corrected chi connectivity index (χ1v) is 7.34. The molecule has 0 spiro atoms. The number of methoxy groups -OCH3 is 2. The second-order valence-corrected chi connectivity index (χ2v) is 5.28. The maximum absolute atomic E-state index is 11.9. The van der Waals surface area contributed by atoms with E-state index in [1.165, 1.54) is 14.2 Å². The number of nitrogens with zero attached hydrogens (tertiary/aromatic N) is 2. The number of hydrogen-bond donors (Lipinski definition) is 1. The van der Waals surface area contributed by atoms with Gasteiger partial charge in [-0.1, -0.05) is 29.7 Å². The van der Waals surface area contributed by atoms with Crippen molar-refractivity contribution < 1.29 is 19.3 Å². The monoisotopic (exact) mass is 323 g/mol. The number of ether oxygens (including phenoxy) is 2. The molecule has 0 amide bonds. The minimum absolute atomic E-state index is 0.361. The van der Waals surface area contributed by atoms with Gasteiger partial charge >= 0.3 is 13.5 Å². The second-order valence-electron chi connectivity index (χ2n) is 5.28. The Morgan fingerprint density at radius 3 is 2.62 bits per heavy atom. The van der Waals surface area contributed by atoms with Crippen molar-refractivity contribution in [1.29, 1.82) is 0 Å². The Balaban J connectivity index is 2.00. The van der Waals surface area contributed by atoms with Gasteiger partial charge in [0.1, 0.15) is 11.3 Å². The fraction of sp³-hybridized carbons (Fsp3) is 0.176. The largest absolute Gasteiger partial charge is 0.496 e. The first-order chi connectivity index (χ1) is 11.7. The molecule has 24 heavy (non-hydrogen) atoms. The van der Waals surface area contributed by atoms with Crippen molar-refractivity contribution in [2.75, 3.05) is 14.2 Å². The number of imidazole rings is 1. The van der Waals surface area contributed by atoms with Crippen LogP contribution < -0.4 is 10.2 Å². The zero-order valence-electron chi connectivity index (χ0n) is 13.4. The van der Waals surface area contributed by atoms with Crippen molar-refractivity contribution in [3.05, 3.63) is 53.9 Å². The van der Waals surface area contributed by atoms with Crippen LogP contribution in [0.2, 0.25) is 0 Å². The third-order valence-electron chi connectivity index (χ3n) is 3.83. The molecule has 3 rings (SSSR count). The van der Waals surface area contributed by atoms with Crippen LogP contribution in [0.4, 0.5) is 0 Å². The van der Waals surface area contributed by atoms with Crippen LogP contribution in [0.5, 0.6) is 5.75 Å². The Kier molecular flexibility index (Phi) is 4.53. The summed E-state index contributed by atoms with van der Waals surface area (Å²) in [7, 11) is 3.90. The molecule has 121 valence electrons. The van der Waals surface area contributed by atoms with E-state index in [9.17, 15) is 4.79 Å². The summed E-state index contributed by atoms with van der Waals surface area (Å²) in [6.07, 6.45) is 1.72. The molecule has 1 radical (unpaired) electrons. The van der Waals surface area contributed by atoms with Crippen molar-refractivity contribution in [2.45, 2.75) is 6.54 Å². The summed E-state index contributed by atoms with van der Waals surface area (Å²) < 4.78 is 12.0. The van der Waals surface area contributed by atoms with Gasteiger partial charge in [-0.25, -0.2) is 9.78 Å². The minimum Gasteiger partial charge on any atom is -0.496 e. The molecule has 0 atom stereocenters. The fourth-order valence-corrected chi connectivity index (χ4v) is 2.56. The topological polar surface area (TPSA) is 73.6 Å². The number of carbonyl (C=O) groups is 1. The van der Waals surface area contributed by atoms with E-state index in [2.05, 4.69) is 4.98 Å². The summed E-state index contributed by atoms with van der Waals surface area (Å²) in [4.78, 5) is 16.3. The van der Waals surface area contributed by atoms with E-state index in [-0.39, 0.29) is 0 Å². The van der Waals surface area contributed by atoms with Crippen LogP contribution in [-0.2, 0) is 11.3 Å². The SMILES string of the molecule is COC(=O)c1cc2c(cc1OC)ncn2Cc1ccc([B]O)cc1. The Morgan fingerprint density at radius 2 is 2.00 bits per heavy atom. The molecule has 7 heteroatoms. The lowest BCUT2D eigenvalue weighted by molar-refractivity contribution is 0.0597. The number of benzene rings is 2. The Bertz CT molecular complexity index is 874. The molecule has 2 aromatic carbocycles. The molecule has 0 fully saturated rings. The summed E-state index contributed by atoms with van der Waals surface area (Å²) in [6, 6.07) is 11.0. The molecule has 6 nitrogen and oxygen atoms in total. The lowest BCUT2D eigenvalue weighted by Crippen LogP contribution is -2.13. The molecular formula is C17H16BN2O4. The average molecular weight is 323 g/mol. The molecule has 0 aliphatic rings. The first-order valence-electron chi connectivity index (χ1n) is 7.34. The Labute approximate surface area is 139 Å². The summed E-state index contributed by atoms with van der Waals surface area (Å²) in [5.74, 6) is -0.0215. The van der Waals surface area contributed by atoms with Crippen LogP contribution in [0.3, 0.4) is 0 Å². The van der Waals surface area contributed by atoms with Gasteiger partial charge < -0.3 is 19.1 Å². The van der Waals surface area contributed by atoms with Gasteiger partial charge in [-0.3, -0.25) is 0 Å². The number of rotatable bonds is 5. The molecule has 1 N–H and O–H groups in total. The molecule has 0 unspecified atom stereocenters. The van der Waals surface area contributed by atoms with Crippen LogP contribution in [0.15, 0.2) is 42.7 Å². The highest BCUT2D eigenvalue weighted by atomic mass is 16.5. The van der Waals surface area contributed by atoms with E-state index in [1.54, 1.807) is 18.5 Å². The van der Waals surface area contributed by atoms with Gasteiger partial charge in [-0.05, 0) is 11.6 Å². The summed E-state index contributed by atoms with van der Waals surface area (Å²) in [5.41, 5.74) is 3.70. The molecule has 3 aromatic rings. The number of carbonyl (C=O) groups excluding carboxylic acids is 1. The van der Waals surface area contributed by atoms with Crippen LogP contribution >= 0.6 is 0 Å². The summed E-state index contributed by atoms with van der Waals surface area (Å²) in [5, 5.41) is 8.99. The van der Waals surface area contributed by atoms with E-state index < -0.39 is 5.97 Å². The number of aromatic nitrogens is 2. The smallest absolute Gasteiger partial charge is 0.341 e. The minimum atomic E-state index is -0.454. The standard InChI is InChI=1S/C17H16BN2O4/c1-23-16-8-14-15(7-13(16)17(21)24-2)20(10-19-14)9-11-3-5-12(18-22)6-4-11/h3-8,10,22H,9H2,1-2H3. The first kappa shape index (κ1) is 16.1. The summed E-state index contributed by atoms with van der Waals surface area (Å²) >= 11 is 0. The van der Waals surface area contributed by atoms with E-state index in [0.29, 0.717) is 17.9 Å². The van der Waals surface area contributed by atoms with Gasteiger partial charge in [0.25, 0.3) is 0 Å². The van der Waals surface area contributed by atoms with Gasteiger partial charge in [0.15, 0.2) is 0 Å². The zero-order valence-corrected chi connectivity index (χ0v) is 13.4. The quantitative estimate of drug-likeness (QED) is 0.563. The highest BCUT2D eigenvalue weighted by molar-refractivity contribution is 6.45. The number of fused-ring (bicyclic) bond motifs is 1. The third-order valence-corrected chi connectivity index (χ3v) is 3.83. The van der Waals surface area contributed by atoms with E-state index >= 15 is 0 Å². The lowest BCUT2D eigenvalue weighted by atomic mass is 9.88. The molecule has 1 heterocycles. The van der Waals surface area contributed by atoms with Gasteiger partial charge in [0.05, 0.1) is 31.6 Å². The van der Waals surface area contributed by atoms with Crippen LogP contribution in [0.1, 0.15) is 15.9 Å². The van der Waals surface area contributed by atoms with Crippen molar-refractivity contribution in [1.82, 2.24) is 9.55 Å². The molecule has 0 bridgehead atoms.